The first-order valence-electron chi connectivity index (χ1n) is 7.03. The van der Waals surface area contributed by atoms with E-state index in [4.69, 9.17) is 16.3 Å². The summed E-state index contributed by atoms with van der Waals surface area (Å²) < 4.78 is 4.93. The Morgan fingerprint density at radius 1 is 1.28 bits per heavy atom. The van der Waals surface area contributed by atoms with Crippen molar-refractivity contribution in [2.45, 2.75) is 0 Å². The summed E-state index contributed by atoms with van der Waals surface area (Å²) in [5, 5.41) is 23.2. The Morgan fingerprint density at radius 3 is 2.60 bits per heavy atom. The minimum absolute atomic E-state index is 0.121. The van der Waals surface area contributed by atoms with Crippen LogP contribution in [0.4, 0.5) is 5.69 Å². The normalized spacial score (nSPS) is 10.7. The number of rotatable bonds is 5. The van der Waals surface area contributed by atoms with Crippen LogP contribution in [0.25, 0.3) is 6.08 Å². The Hall–Kier alpha value is -3.30. The van der Waals surface area contributed by atoms with Gasteiger partial charge in [0, 0.05) is 5.56 Å². The number of hydrogen-bond donors (Lipinski definition) is 1. The molecule has 0 fully saturated rings. The SMILES string of the molecule is COc1ccc(/C=C(/C#N)C(=O)Nc2ccccc2Cl)cc1C(=O)[O-]. The standard InChI is InChI=1S/C18H13ClN2O4/c1-25-16-7-6-11(9-13(16)18(23)24)8-12(10-20)17(22)21-15-5-3-2-4-14(15)19/h2-9H,1H3,(H,21,22)(H,23,24)/p-1/b12-8-. The number of nitrogens with zero attached hydrogens (tertiary/aromatic N) is 1. The number of amides is 1. The number of carboxylic acids is 1. The second kappa shape index (κ2) is 7.99. The minimum atomic E-state index is -1.42. The predicted octanol–water partition coefficient (Wildman–Crippen LogP) is 2.26. The molecule has 1 N–H and O–H groups in total. The van der Waals surface area contributed by atoms with E-state index in [-0.39, 0.29) is 16.9 Å². The molecule has 7 heteroatoms. The maximum atomic E-state index is 12.2. The Kier molecular flexibility index (Phi) is 5.77. The summed E-state index contributed by atoms with van der Waals surface area (Å²) in [6, 6.07) is 12.6. The Morgan fingerprint density at radius 2 is 2.00 bits per heavy atom. The third-order valence-corrected chi connectivity index (χ3v) is 3.57. The summed E-state index contributed by atoms with van der Waals surface area (Å²) in [6.07, 6.45) is 1.26. The van der Waals surface area contributed by atoms with Gasteiger partial charge in [-0.15, -0.1) is 0 Å². The summed E-state index contributed by atoms with van der Waals surface area (Å²) in [7, 11) is 1.33. The molecule has 0 aromatic heterocycles. The van der Waals surface area contributed by atoms with Gasteiger partial charge < -0.3 is 20.0 Å². The zero-order chi connectivity index (χ0) is 18.4. The molecule has 0 saturated carbocycles. The molecule has 2 aromatic rings. The van der Waals surface area contributed by atoms with Crippen molar-refractivity contribution in [3.8, 4) is 11.8 Å². The van der Waals surface area contributed by atoms with E-state index in [9.17, 15) is 20.0 Å². The fourth-order valence-electron chi connectivity index (χ4n) is 2.04. The summed E-state index contributed by atoms with van der Waals surface area (Å²) in [6.45, 7) is 0. The van der Waals surface area contributed by atoms with Gasteiger partial charge in [0.1, 0.15) is 17.4 Å². The van der Waals surface area contributed by atoms with Gasteiger partial charge in [-0.2, -0.15) is 5.26 Å². The smallest absolute Gasteiger partial charge is 0.266 e. The number of nitriles is 1. The number of hydrogen-bond acceptors (Lipinski definition) is 5. The number of nitrogens with one attached hydrogen (secondary N) is 1. The van der Waals surface area contributed by atoms with Gasteiger partial charge in [-0.05, 0) is 35.9 Å². The number of benzene rings is 2. The summed E-state index contributed by atoms with van der Waals surface area (Å²) in [5.74, 6) is -1.97. The third kappa shape index (κ3) is 4.37. The van der Waals surface area contributed by atoms with Crippen LogP contribution >= 0.6 is 11.6 Å². The summed E-state index contributed by atoms with van der Waals surface area (Å²) >= 11 is 5.96. The van der Waals surface area contributed by atoms with Gasteiger partial charge in [-0.25, -0.2) is 0 Å². The van der Waals surface area contributed by atoms with Crippen molar-refractivity contribution in [3.63, 3.8) is 0 Å². The molecule has 0 aliphatic rings. The molecule has 1 amide bonds. The van der Waals surface area contributed by atoms with Crippen LogP contribution in [0.5, 0.6) is 5.75 Å². The van der Waals surface area contributed by atoms with E-state index in [0.717, 1.165) is 0 Å². The molecule has 2 rings (SSSR count). The second-order valence-corrected chi connectivity index (χ2v) is 5.26. The highest BCUT2D eigenvalue weighted by molar-refractivity contribution is 6.34. The average Bonchev–Trinajstić information content (AvgIpc) is 2.61. The number of anilines is 1. The number of ether oxygens (including phenoxy) is 1. The highest BCUT2D eigenvalue weighted by atomic mass is 35.5. The first-order chi connectivity index (χ1) is 12.0. The number of methoxy groups -OCH3 is 1. The third-order valence-electron chi connectivity index (χ3n) is 3.24. The molecule has 6 nitrogen and oxygen atoms in total. The van der Waals surface area contributed by atoms with Crippen LogP contribution in [-0.2, 0) is 4.79 Å². The molecule has 25 heavy (non-hydrogen) atoms. The quantitative estimate of drug-likeness (QED) is 0.654. The molecular weight excluding hydrogens is 344 g/mol. The first kappa shape index (κ1) is 18.0. The molecule has 0 unspecified atom stereocenters. The van der Waals surface area contributed by atoms with E-state index in [1.807, 2.05) is 0 Å². The van der Waals surface area contributed by atoms with E-state index in [2.05, 4.69) is 5.32 Å². The van der Waals surface area contributed by atoms with Crippen molar-refractivity contribution in [2.75, 3.05) is 12.4 Å². The Bertz CT molecular complexity index is 900. The molecule has 2 aromatic carbocycles. The lowest BCUT2D eigenvalue weighted by molar-refractivity contribution is -0.255. The van der Waals surface area contributed by atoms with Gasteiger partial charge in [0.05, 0.1) is 23.8 Å². The molecule has 0 radical (unpaired) electrons. The van der Waals surface area contributed by atoms with E-state index in [0.29, 0.717) is 16.3 Å². The number of carbonyl (C=O) groups is 2. The van der Waals surface area contributed by atoms with Crippen LogP contribution < -0.4 is 15.2 Å². The molecular formula is C18H12ClN2O4-. The molecule has 0 spiro atoms. The molecule has 0 aliphatic heterocycles. The molecule has 0 atom stereocenters. The minimum Gasteiger partial charge on any atom is -0.545 e. The van der Waals surface area contributed by atoms with E-state index in [1.165, 1.54) is 31.4 Å². The summed E-state index contributed by atoms with van der Waals surface area (Å²) in [4.78, 5) is 23.4. The predicted molar refractivity (Wildman–Crippen MR) is 91.0 cm³/mol. The van der Waals surface area contributed by atoms with Crippen molar-refractivity contribution in [3.05, 3.63) is 64.2 Å². The topological polar surface area (TPSA) is 102 Å². The van der Waals surface area contributed by atoms with Gasteiger partial charge in [-0.1, -0.05) is 29.8 Å². The van der Waals surface area contributed by atoms with Crippen molar-refractivity contribution in [1.82, 2.24) is 0 Å². The highest BCUT2D eigenvalue weighted by Crippen LogP contribution is 2.23. The average molecular weight is 356 g/mol. The molecule has 0 bridgehead atoms. The summed E-state index contributed by atoms with van der Waals surface area (Å²) in [5.41, 5.74) is 0.306. The number of aromatic carboxylic acids is 1. The van der Waals surface area contributed by atoms with Gasteiger partial charge in [0.25, 0.3) is 5.91 Å². The van der Waals surface area contributed by atoms with Crippen LogP contribution in [0.2, 0.25) is 5.02 Å². The zero-order valence-electron chi connectivity index (χ0n) is 13.1. The Labute approximate surface area is 148 Å². The van der Waals surface area contributed by atoms with Crippen molar-refractivity contribution in [2.24, 2.45) is 0 Å². The van der Waals surface area contributed by atoms with Crippen molar-refractivity contribution < 1.29 is 19.4 Å². The van der Waals surface area contributed by atoms with Crippen LogP contribution in [0, 0.1) is 11.3 Å². The molecule has 0 heterocycles. The second-order valence-electron chi connectivity index (χ2n) is 4.85. The maximum Gasteiger partial charge on any atom is 0.266 e. The van der Waals surface area contributed by atoms with Crippen LogP contribution in [0.15, 0.2) is 48.0 Å². The van der Waals surface area contributed by atoms with E-state index >= 15 is 0 Å². The van der Waals surface area contributed by atoms with Crippen molar-refractivity contribution >= 4 is 35.2 Å². The van der Waals surface area contributed by atoms with E-state index in [1.54, 1.807) is 30.3 Å². The van der Waals surface area contributed by atoms with Crippen molar-refractivity contribution in [1.29, 1.82) is 5.26 Å². The number of para-hydroxylation sites is 1. The monoisotopic (exact) mass is 355 g/mol. The molecule has 0 saturated heterocycles. The van der Waals surface area contributed by atoms with Crippen LogP contribution in [0.1, 0.15) is 15.9 Å². The lowest BCUT2D eigenvalue weighted by Gasteiger charge is -2.10. The highest BCUT2D eigenvalue weighted by Gasteiger charge is 2.12. The fraction of sp³-hybridized carbons (Fsp3) is 0.0556. The zero-order valence-corrected chi connectivity index (χ0v) is 13.8. The fourth-order valence-corrected chi connectivity index (χ4v) is 2.23. The molecule has 126 valence electrons. The lowest BCUT2D eigenvalue weighted by Crippen LogP contribution is -2.23. The number of carbonyl (C=O) groups excluding carboxylic acids is 2. The van der Waals surface area contributed by atoms with Crippen LogP contribution in [0.3, 0.4) is 0 Å². The first-order valence-corrected chi connectivity index (χ1v) is 7.41. The lowest BCUT2D eigenvalue weighted by atomic mass is 10.1. The maximum absolute atomic E-state index is 12.2. The van der Waals surface area contributed by atoms with Gasteiger partial charge in [0.15, 0.2) is 0 Å². The van der Waals surface area contributed by atoms with Gasteiger partial charge in [0.2, 0.25) is 0 Å². The largest absolute Gasteiger partial charge is 0.545 e. The van der Waals surface area contributed by atoms with Crippen LogP contribution in [-0.4, -0.2) is 19.0 Å². The van der Waals surface area contributed by atoms with Gasteiger partial charge in [-0.3, -0.25) is 4.79 Å². The molecule has 0 aliphatic carbocycles. The van der Waals surface area contributed by atoms with Gasteiger partial charge >= 0.3 is 0 Å². The van der Waals surface area contributed by atoms with E-state index < -0.39 is 11.9 Å². The Balaban J connectivity index is 2.33. The number of halogens is 1. The number of carboxylic acid groups (broad SMARTS) is 1.